The van der Waals surface area contributed by atoms with Crippen molar-refractivity contribution in [1.82, 2.24) is 14.8 Å². The maximum atomic E-state index is 11.5. The lowest BCUT2D eigenvalue weighted by Crippen LogP contribution is -1.92. The van der Waals surface area contributed by atoms with Crippen molar-refractivity contribution < 1.29 is 9.34 Å². The van der Waals surface area contributed by atoms with Gasteiger partial charge in [-0.3, -0.25) is 10.1 Å². The van der Waals surface area contributed by atoms with Gasteiger partial charge in [0.05, 0.1) is 21.5 Å². The van der Waals surface area contributed by atoms with E-state index < -0.39 is 0 Å². The van der Waals surface area contributed by atoms with Crippen LogP contribution in [0.2, 0.25) is 0 Å². The van der Waals surface area contributed by atoms with E-state index in [4.69, 9.17) is 4.42 Å². The highest BCUT2D eigenvalue weighted by molar-refractivity contribution is 6.10. The Bertz CT molecular complexity index is 2010. The van der Waals surface area contributed by atoms with Crippen molar-refractivity contribution >= 4 is 27.5 Å². The van der Waals surface area contributed by atoms with E-state index >= 15 is 0 Å². The van der Waals surface area contributed by atoms with Crippen molar-refractivity contribution in [2.45, 2.75) is 0 Å². The van der Waals surface area contributed by atoms with Gasteiger partial charge in [-0.05, 0) is 60.2 Å². The van der Waals surface area contributed by atoms with Gasteiger partial charge in [-0.1, -0.05) is 60.7 Å². The molecule has 7 nitrogen and oxygen atoms in total. The minimum Gasteiger partial charge on any atom is -0.416 e. The molecule has 0 radical (unpaired) electrons. The van der Waals surface area contributed by atoms with Gasteiger partial charge in [-0.2, -0.15) is 0 Å². The molecule has 39 heavy (non-hydrogen) atoms. The lowest BCUT2D eigenvalue weighted by Gasteiger charge is -2.07. The summed E-state index contributed by atoms with van der Waals surface area (Å²) in [5.41, 5.74) is 6.08. The van der Waals surface area contributed by atoms with E-state index in [0.717, 1.165) is 33.1 Å². The second-order valence-corrected chi connectivity index (χ2v) is 9.19. The SMILES string of the molecule is O=[N+]([O-])c1ccccc1-c1cccc(-c2nnc(-c3ccc4c(c3)c3ccccc3n4-c3ccccc3)o2)c1. The van der Waals surface area contributed by atoms with Gasteiger partial charge in [-0.25, -0.2) is 0 Å². The van der Waals surface area contributed by atoms with Gasteiger partial charge < -0.3 is 8.98 Å². The highest BCUT2D eigenvalue weighted by atomic mass is 16.6. The number of rotatable bonds is 5. The molecule has 0 unspecified atom stereocenters. The van der Waals surface area contributed by atoms with E-state index in [1.807, 2.05) is 60.7 Å². The predicted octanol–water partition coefficient (Wildman–Crippen LogP) is 8.08. The Morgan fingerprint density at radius 1 is 0.615 bits per heavy atom. The number of nitro benzene ring substituents is 1. The van der Waals surface area contributed by atoms with Crippen molar-refractivity contribution in [2.75, 3.05) is 0 Å². The second kappa shape index (κ2) is 9.08. The summed E-state index contributed by atoms with van der Waals surface area (Å²) >= 11 is 0. The number of nitro groups is 1. The molecular formula is C32H20N4O3. The number of hydrogen-bond acceptors (Lipinski definition) is 5. The summed E-state index contributed by atoms with van der Waals surface area (Å²) in [6.45, 7) is 0. The summed E-state index contributed by atoms with van der Waals surface area (Å²) in [5, 5.41) is 22.4. The number of benzene rings is 5. The fourth-order valence-corrected chi connectivity index (χ4v) is 5.11. The molecule has 2 aromatic heterocycles. The van der Waals surface area contributed by atoms with Crippen LogP contribution in [0.3, 0.4) is 0 Å². The molecule has 186 valence electrons. The Labute approximate surface area is 222 Å². The highest BCUT2D eigenvalue weighted by Crippen LogP contribution is 2.36. The summed E-state index contributed by atoms with van der Waals surface area (Å²) in [6.07, 6.45) is 0. The maximum Gasteiger partial charge on any atom is 0.277 e. The lowest BCUT2D eigenvalue weighted by molar-refractivity contribution is -0.384. The van der Waals surface area contributed by atoms with Crippen LogP contribution in [0.1, 0.15) is 0 Å². The smallest absolute Gasteiger partial charge is 0.277 e. The van der Waals surface area contributed by atoms with Crippen molar-refractivity contribution in [3.63, 3.8) is 0 Å². The first-order valence-electron chi connectivity index (χ1n) is 12.4. The van der Waals surface area contributed by atoms with Crippen LogP contribution in [0.5, 0.6) is 0 Å². The van der Waals surface area contributed by atoms with Crippen molar-refractivity contribution in [1.29, 1.82) is 0 Å². The molecule has 0 aliphatic heterocycles. The van der Waals surface area contributed by atoms with Gasteiger partial charge in [0.2, 0.25) is 11.8 Å². The normalized spacial score (nSPS) is 11.3. The molecule has 0 atom stereocenters. The number of nitrogens with zero attached hydrogens (tertiary/aromatic N) is 4. The predicted molar refractivity (Wildman–Crippen MR) is 152 cm³/mol. The fraction of sp³-hybridized carbons (Fsp3) is 0. The third-order valence-corrected chi connectivity index (χ3v) is 6.88. The zero-order chi connectivity index (χ0) is 26.3. The van der Waals surface area contributed by atoms with Gasteiger partial charge in [-0.15, -0.1) is 10.2 Å². The quantitative estimate of drug-likeness (QED) is 0.173. The molecular weight excluding hydrogens is 488 g/mol. The largest absolute Gasteiger partial charge is 0.416 e. The number of aromatic nitrogens is 3. The van der Waals surface area contributed by atoms with Crippen molar-refractivity contribution in [2.24, 2.45) is 0 Å². The van der Waals surface area contributed by atoms with Crippen LogP contribution in [0.25, 0.3) is 61.5 Å². The molecule has 0 aliphatic rings. The number of fused-ring (bicyclic) bond motifs is 3. The molecule has 0 amide bonds. The number of hydrogen-bond donors (Lipinski definition) is 0. The van der Waals surface area contributed by atoms with Crippen LogP contribution >= 0.6 is 0 Å². The molecule has 0 aliphatic carbocycles. The Kier molecular flexibility index (Phi) is 5.26. The number of para-hydroxylation sites is 3. The van der Waals surface area contributed by atoms with Gasteiger partial charge in [0.25, 0.3) is 5.69 Å². The average Bonchev–Trinajstić information content (AvgIpc) is 3.61. The molecule has 0 spiro atoms. The first kappa shape index (κ1) is 22.6. The average molecular weight is 509 g/mol. The third-order valence-electron chi connectivity index (χ3n) is 6.88. The molecule has 0 bridgehead atoms. The van der Waals surface area contributed by atoms with Gasteiger partial charge >= 0.3 is 0 Å². The van der Waals surface area contributed by atoms with E-state index in [1.165, 1.54) is 6.07 Å². The van der Waals surface area contributed by atoms with Crippen LogP contribution in [0.4, 0.5) is 5.69 Å². The van der Waals surface area contributed by atoms with Gasteiger partial charge in [0.1, 0.15) is 0 Å². The molecule has 2 heterocycles. The van der Waals surface area contributed by atoms with Crippen LogP contribution in [-0.4, -0.2) is 19.7 Å². The Hall–Kier alpha value is -5.56. The first-order valence-corrected chi connectivity index (χ1v) is 12.4. The standard InChI is InChI=1S/C32H20N4O3/c37-36(38)30-16-7-4-13-25(30)21-9-8-10-22(19-21)31-33-34-32(39-31)23-17-18-29-27(20-23)26-14-5-6-15-28(26)35(29)24-11-2-1-3-12-24/h1-20H. The second-order valence-electron chi connectivity index (χ2n) is 9.19. The lowest BCUT2D eigenvalue weighted by atomic mass is 10.0. The van der Waals surface area contributed by atoms with Crippen molar-refractivity contribution in [3.05, 3.63) is 131 Å². The Balaban J connectivity index is 1.30. The fourth-order valence-electron chi connectivity index (χ4n) is 5.11. The Morgan fingerprint density at radius 2 is 1.28 bits per heavy atom. The summed E-state index contributed by atoms with van der Waals surface area (Å²) in [6, 6.07) is 38.8. The van der Waals surface area contributed by atoms with Crippen LogP contribution in [-0.2, 0) is 0 Å². The summed E-state index contributed by atoms with van der Waals surface area (Å²) in [5.74, 6) is 0.747. The highest BCUT2D eigenvalue weighted by Gasteiger charge is 2.18. The summed E-state index contributed by atoms with van der Waals surface area (Å²) < 4.78 is 8.37. The molecule has 0 N–H and O–H groups in total. The van der Waals surface area contributed by atoms with Crippen molar-refractivity contribution in [3.8, 4) is 39.7 Å². The topological polar surface area (TPSA) is 87.0 Å². The first-order chi connectivity index (χ1) is 19.2. The monoisotopic (exact) mass is 508 g/mol. The van der Waals surface area contributed by atoms with E-state index in [9.17, 15) is 10.1 Å². The van der Waals surface area contributed by atoms with E-state index in [-0.39, 0.29) is 10.6 Å². The summed E-state index contributed by atoms with van der Waals surface area (Å²) in [7, 11) is 0. The zero-order valence-electron chi connectivity index (χ0n) is 20.6. The molecule has 5 aromatic carbocycles. The van der Waals surface area contributed by atoms with E-state index in [2.05, 4.69) is 51.2 Å². The molecule has 7 rings (SSSR count). The van der Waals surface area contributed by atoms with Crippen LogP contribution in [0.15, 0.2) is 126 Å². The third kappa shape index (κ3) is 3.84. The van der Waals surface area contributed by atoms with Gasteiger partial charge in [0.15, 0.2) is 0 Å². The zero-order valence-corrected chi connectivity index (χ0v) is 20.6. The maximum absolute atomic E-state index is 11.5. The molecule has 0 fully saturated rings. The van der Waals surface area contributed by atoms with E-state index in [0.29, 0.717) is 28.5 Å². The molecule has 7 heteroatoms. The van der Waals surface area contributed by atoms with Crippen LogP contribution < -0.4 is 0 Å². The molecule has 7 aromatic rings. The molecule has 0 saturated carbocycles. The minimum atomic E-state index is -0.377. The van der Waals surface area contributed by atoms with Crippen LogP contribution in [0, 0.1) is 10.1 Å². The molecule has 0 saturated heterocycles. The summed E-state index contributed by atoms with van der Waals surface area (Å²) in [4.78, 5) is 11.2. The van der Waals surface area contributed by atoms with E-state index in [1.54, 1.807) is 18.2 Å². The van der Waals surface area contributed by atoms with Gasteiger partial charge in [0, 0.05) is 33.7 Å². The minimum absolute atomic E-state index is 0.0452. The Morgan fingerprint density at radius 3 is 2.10 bits per heavy atom.